The molecule has 144 valence electrons. The SMILES string of the molecule is CN=C(NCc1ccc(OCC(F)(F)F)cc1)NCC(C)(C)OC.I. The van der Waals surface area contributed by atoms with Crippen LogP contribution in [-0.4, -0.2) is 45.0 Å². The van der Waals surface area contributed by atoms with Crippen molar-refractivity contribution in [2.75, 3.05) is 27.3 Å². The van der Waals surface area contributed by atoms with Crippen molar-refractivity contribution in [2.24, 2.45) is 4.99 Å². The van der Waals surface area contributed by atoms with Gasteiger partial charge >= 0.3 is 6.18 Å². The highest BCUT2D eigenvalue weighted by atomic mass is 127. The molecule has 2 N–H and O–H groups in total. The molecule has 0 aromatic heterocycles. The molecule has 0 aliphatic heterocycles. The number of halogens is 4. The van der Waals surface area contributed by atoms with Crippen molar-refractivity contribution in [3.8, 4) is 5.75 Å². The Hall–Kier alpha value is -1.23. The molecule has 0 atom stereocenters. The van der Waals surface area contributed by atoms with Crippen molar-refractivity contribution < 1.29 is 22.6 Å². The Balaban J connectivity index is 0.00000576. The van der Waals surface area contributed by atoms with Crippen LogP contribution in [-0.2, 0) is 11.3 Å². The summed E-state index contributed by atoms with van der Waals surface area (Å²) in [6.07, 6.45) is -4.34. The number of hydrogen-bond donors (Lipinski definition) is 2. The van der Waals surface area contributed by atoms with Crippen LogP contribution >= 0.6 is 24.0 Å². The van der Waals surface area contributed by atoms with Crippen LogP contribution in [0.25, 0.3) is 0 Å². The molecule has 0 aliphatic carbocycles. The van der Waals surface area contributed by atoms with Crippen LogP contribution in [0, 0.1) is 0 Å². The Morgan fingerprint density at radius 1 is 1.12 bits per heavy atom. The van der Waals surface area contributed by atoms with Gasteiger partial charge in [0.25, 0.3) is 0 Å². The molecule has 0 bridgehead atoms. The average Bonchev–Trinajstić information content (AvgIpc) is 2.53. The number of nitrogens with zero attached hydrogens (tertiary/aromatic N) is 1. The summed E-state index contributed by atoms with van der Waals surface area (Å²) < 4.78 is 46.2. The van der Waals surface area contributed by atoms with E-state index in [2.05, 4.69) is 20.4 Å². The van der Waals surface area contributed by atoms with Gasteiger partial charge < -0.3 is 20.1 Å². The van der Waals surface area contributed by atoms with Crippen molar-refractivity contribution >= 4 is 29.9 Å². The number of methoxy groups -OCH3 is 1. The first-order valence-electron chi connectivity index (χ1n) is 7.43. The summed E-state index contributed by atoms with van der Waals surface area (Å²) in [6, 6.07) is 6.41. The molecule has 0 saturated heterocycles. The van der Waals surface area contributed by atoms with Gasteiger partial charge in [0, 0.05) is 27.2 Å². The fourth-order valence-electron chi connectivity index (χ4n) is 1.64. The van der Waals surface area contributed by atoms with E-state index in [-0.39, 0.29) is 35.3 Å². The summed E-state index contributed by atoms with van der Waals surface area (Å²) >= 11 is 0. The maximum atomic E-state index is 12.1. The van der Waals surface area contributed by atoms with E-state index in [0.717, 1.165) is 5.56 Å². The first kappa shape index (κ1) is 23.8. The monoisotopic (exact) mass is 475 g/mol. The lowest BCUT2D eigenvalue weighted by atomic mass is 10.1. The molecular formula is C16H25F3IN3O2. The van der Waals surface area contributed by atoms with Gasteiger partial charge in [-0.1, -0.05) is 12.1 Å². The van der Waals surface area contributed by atoms with E-state index in [9.17, 15) is 13.2 Å². The van der Waals surface area contributed by atoms with E-state index < -0.39 is 12.8 Å². The average molecular weight is 475 g/mol. The van der Waals surface area contributed by atoms with E-state index in [1.54, 1.807) is 26.3 Å². The first-order valence-corrected chi connectivity index (χ1v) is 7.43. The molecule has 0 amide bonds. The topological polar surface area (TPSA) is 54.9 Å². The van der Waals surface area contributed by atoms with E-state index in [0.29, 0.717) is 19.0 Å². The second-order valence-electron chi connectivity index (χ2n) is 5.79. The lowest BCUT2D eigenvalue weighted by molar-refractivity contribution is -0.153. The Morgan fingerprint density at radius 2 is 1.72 bits per heavy atom. The quantitative estimate of drug-likeness (QED) is 0.361. The third-order valence-corrected chi connectivity index (χ3v) is 3.24. The van der Waals surface area contributed by atoms with Crippen molar-refractivity contribution in [3.63, 3.8) is 0 Å². The van der Waals surface area contributed by atoms with Crippen LogP contribution in [0.5, 0.6) is 5.75 Å². The number of benzene rings is 1. The van der Waals surface area contributed by atoms with Crippen molar-refractivity contribution in [1.82, 2.24) is 10.6 Å². The van der Waals surface area contributed by atoms with Gasteiger partial charge in [0.2, 0.25) is 0 Å². The first-order chi connectivity index (χ1) is 11.1. The second-order valence-corrected chi connectivity index (χ2v) is 5.79. The standard InChI is InChI=1S/C16H24F3N3O2.HI/c1-15(2,23-4)10-22-14(20-3)21-9-12-5-7-13(8-6-12)24-11-16(17,18)19;/h5-8H,9-11H2,1-4H3,(H2,20,21,22);1H. The minimum Gasteiger partial charge on any atom is -0.484 e. The molecule has 0 heterocycles. The number of rotatable bonds is 7. The lowest BCUT2D eigenvalue weighted by Crippen LogP contribution is -2.45. The highest BCUT2D eigenvalue weighted by molar-refractivity contribution is 14.0. The number of ether oxygens (including phenoxy) is 2. The summed E-state index contributed by atoms with van der Waals surface area (Å²) in [5.74, 6) is 0.790. The highest BCUT2D eigenvalue weighted by Gasteiger charge is 2.28. The van der Waals surface area contributed by atoms with E-state index >= 15 is 0 Å². The molecule has 5 nitrogen and oxygen atoms in total. The Labute approximate surface area is 163 Å². The maximum Gasteiger partial charge on any atom is 0.422 e. The number of hydrogen-bond acceptors (Lipinski definition) is 3. The van der Waals surface area contributed by atoms with E-state index in [1.807, 2.05) is 13.8 Å². The second kappa shape index (κ2) is 10.7. The molecule has 1 rings (SSSR count). The molecule has 1 aromatic carbocycles. The fourth-order valence-corrected chi connectivity index (χ4v) is 1.64. The Bertz CT molecular complexity index is 534. The van der Waals surface area contributed by atoms with Crippen LogP contribution in [0.1, 0.15) is 19.4 Å². The zero-order valence-corrected chi connectivity index (χ0v) is 17.1. The summed E-state index contributed by atoms with van der Waals surface area (Å²) in [7, 11) is 3.30. The summed E-state index contributed by atoms with van der Waals surface area (Å²) in [4.78, 5) is 4.10. The molecular weight excluding hydrogens is 450 g/mol. The van der Waals surface area contributed by atoms with Gasteiger partial charge in [-0.05, 0) is 31.5 Å². The summed E-state index contributed by atoms with van der Waals surface area (Å²) in [5.41, 5.74) is 0.568. The number of aliphatic imine (C=N–C) groups is 1. The molecule has 0 fully saturated rings. The van der Waals surface area contributed by atoms with Crippen LogP contribution in [0.2, 0.25) is 0 Å². The van der Waals surface area contributed by atoms with Gasteiger partial charge in [0.15, 0.2) is 12.6 Å². The van der Waals surface area contributed by atoms with Gasteiger partial charge in [-0.15, -0.1) is 24.0 Å². The Kier molecular flexibility index (Phi) is 10.2. The van der Waals surface area contributed by atoms with Gasteiger partial charge in [-0.25, -0.2) is 0 Å². The zero-order valence-electron chi connectivity index (χ0n) is 14.7. The van der Waals surface area contributed by atoms with Crippen LogP contribution in [0.3, 0.4) is 0 Å². The zero-order chi connectivity index (χ0) is 18.2. The smallest absolute Gasteiger partial charge is 0.422 e. The van der Waals surface area contributed by atoms with E-state index in [1.165, 1.54) is 12.1 Å². The van der Waals surface area contributed by atoms with Crippen molar-refractivity contribution in [2.45, 2.75) is 32.2 Å². The predicted molar refractivity (Wildman–Crippen MR) is 103 cm³/mol. The highest BCUT2D eigenvalue weighted by Crippen LogP contribution is 2.18. The van der Waals surface area contributed by atoms with Gasteiger partial charge in [0.1, 0.15) is 5.75 Å². The summed E-state index contributed by atoms with van der Waals surface area (Å²) in [5, 5.41) is 6.26. The lowest BCUT2D eigenvalue weighted by Gasteiger charge is -2.24. The number of guanidine groups is 1. The normalized spacial score (nSPS) is 12.4. The fraction of sp³-hybridized carbons (Fsp3) is 0.562. The molecule has 0 saturated carbocycles. The minimum atomic E-state index is -4.34. The third kappa shape index (κ3) is 10.4. The molecule has 0 unspecified atom stereocenters. The van der Waals surface area contributed by atoms with Crippen molar-refractivity contribution in [1.29, 1.82) is 0 Å². The molecule has 25 heavy (non-hydrogen) atoms. The van der Waals surface area contributed by atoms with Gasteiger partial charge in [-0.2, -0.15) is 13.2 Å². The summed E-state index contributed by atoms with van der Waals surface area (Å²) in [6.45, 7) is 3.66. The third-order valence-electron chi connectivity index (χ3n) is 3.24. The largest absolute Gasteiger partial charge is 0.484 e. The van der Waals surface area contributed by atoms with E-state index in [4.69, 9.17) is 4.74 Å². The Morgan fingerprint density at radius 3 is 2.20 bits per heavy atom. The predicted octanol–water partition coefficient (Wildman–Crippen LogP) is 3.34. The number of alkyl halides is 3. The molecule has 0 spiro atoms. The number of nitrogens with one attached hydrogen (secondary N) is 2. The maximum absolute atomic E-state index is 12.1. The molecule has 0 aliphatic rings. The van der Waals surface area contributed by atoms with Gasteiger partial charge in [0.05, 0.1) is 5.60 Å². The molecule has 9 heteroatoms. The van der Waals surface area contributed by atoms with Crippen LogP contribution in [0.4, 0.5) is 13.2 Å². The minimum absolute atomic E-state index is 0. The molecule has 0 radical (unpaired) electrons. The van der Waals surface area contributed by atoms with Crippen LogP contribution in [0.15, 0.2) is 29.3 Å². The van der Waals surface area contributed by atoms with Gasteiger partial charge in [-0.3, -0.25) is 4.99 Å². The van der Waals surface area contributed by atoms with Crippen molar-refractivity contribution in [3.05, 3.63) is 29.8 Å². The molecule has 1 aromatic rings. The van der Waals surface area contributed by atoms with Crippen LogP contribution < -0.4 is 15.4 Å².